The number of amides is 2. The molecule has 9 heteroatoms. The number of hydrogen-bond acceptors (Lipinski definition) is 4. The highest BCUT2D eigenvalue weighted by atomic mass is 19.2. The minimum Gasteiger partial charge on any atom is -0.497 e. The van der Waals surface area contributed by atoms with E-state index in [-0.39, 0.29) is 11.3 Å². The summed E-state index contributed by atoms with van der Waals surface area (Å²) in [6.07, 6.45) is 0. The van der Waals surface area contributed by atoms with Crippen molar-refractivity contribution in [2.24, 2.45) is 0 Å². The Kier molecular flexibility index (Phi) is 6.05. The third-order valence-electron chi connectivity index (χ3n) is 3.37. The minimum absolute atomic E-state index is 0.124. The van der Waals surface area contributed by atoms with Gasteiger partial charge in [-0.25, -0.2) is 13.2 Å². The zero-order valence-corrected chi connectivity index (χ0v) is 13.9. The summed E-state index contributed by atoms with van der Waals surface area (Å²) < 4.78 is 49.6. The van der Waals surface area contributed by atoms with Gasteiger partial charge >= 0.3 is 0 Å². The van der Waals surface area contributed by atoms with Crippen LogP contribution in [0.4, 0.5) is 18.9 Å². The molecule has 0 saturated heterocycles. The van der Waals surface area contributed by atoms with Crippen LogP contribution in [0, 0.1) is 17.5 Å². The van der Waals surface area contributed by atoms with Crippen molar-refractivity contribution in [3.8, 4) is 11.5 Å². The third kappa shape index (κ3) is 4.24. The molecule has 26 heavy (non-hydrogen) atoms. The fourth-order valence-corrected chi connectivity index (χ4v) is 2.06. The molecule has 2 aromatic carbocycles. The minimum atomic E-state index is -1.70. The van der Waals surface area contributed by atoms with Crippen LogP contribution in [0.5, 0.6) is 11.5 Å². The second-order valence-electron chi connectivity index (χ2n) is 5.02. The Balaban J connectivity index is 2.04. The molecule has 0 fully saturated rings. The fraction of sp³-hybridized carbons (Fsp3) is 0.176. The Bertz CT molecular complexity index is 843. The SMILES string of the molecule is COc1ccc(OC)c(C(=O)NCC(=O)Nc2ccc(F)c(F)c2F)c1. The van der Waals surface area contributed by atoms with Gasteiger partial charge in [0.15, 0.2) is 17.5 Å². The predicted molar refractivity (Wildman–Crippen MR) is 86.8 cm³/mol. The van der Waals surface area contributed by atoms with Crippen LogP contribution in [-0.4, -0.2) is 32.6 Å². The molecule has 0 bridgehead atoms. The first kappa shape index (κ1) is 19.1. The first-order chi connectivity index (χ1) is 12.4. The van der Waals surface area contributed by atoms with E-state index in [9.17, 15) is 22.8 Å². The van der Waals surface area contributed by atoms with Crippen molar-refractivity contribution in [1.82, 2.24) is 5.32 Å². The van der Waals surface area contributed by atoms with Gasteiger partial charge in [-0.05, 0) is 30.3 Å². The summed E-state index contributed by atoms with van der Waals surface area (Å²) in [5.74, 6) is -5.41. The molecule has 0 unspecified atom stereocenters. The van der Waals surface area contributed by atoms with Gasteiger partial charge in [-0.2, -0.15) is 0 Å². The molecule has 2 rings (SSSR count). The molecule has 0 spiro atoms. The Morgan fingerprint density at radius 2 is 1.73 bits per heavy atom. The van der Waals surface area contributed by atoms with Crippen molar-refractivity contribution in [2.75, 3.05) is 26.1 Å². The molecule has 138 valence electrons. The van der Waals surface area contributed by atoms with Crippen molar-refractivity contribution in [1.29, 1.82) is 0 Å². The molecular formula is C17H15F3N2O4. The molecule has 0 aliphatic rings. The molecule has 2 amide bonds. The number of methoxy groups -OCH3 is 2. The molecule has 0 radical (unpaired) electrons. The smallest absolute Gasteiger partial charge is 0.255 e. The molecule has 6 nitrogen and oxygen atoms in total. The first-order valence-electron chi connectivity index (χ1n) is 7.31. The fourth-order valence-electron chi connectivity index (χ4n) is 2.06. The lowest BCUT2D eigenvalue weighted by Crippen LogP contribution is -2.33. The molecule has 0 aliphatic heterocycles. The van der Waals surface area contributed by atoms with E-state index < -0.39 is 41.5 Å². The van der Waals surface area contributed by atoms with Crippen molar-refractivity contribution >= 4 is 17.5 Å². The van der Waals surface area contributed by atoms with Crippen molar-refractivity contribution in [2.45, 2.75) is 0 Å². The van der Waals surface area contributed by atoms with E-state index in [1.807, 2.05) is 5.32 Å². The maximum atomic E-state index is 13.5. The normalized spacial score (nSPS) is 10.2. The molecule has 0 aromatic heterocycles. The number of benzene rings is 2. The van der Waals surface area contributed by atoms with Crippen molar-refractivity contribution in [3.05, 3.63) is 53.3 Å². The largest absolute Gasteiger partial charge is 0.497 e. The third-order valence-corrected chi connectivity index (χ3v) is 3.37. The highest BCUT2D eigenvalue weighted by Gasteiger charge is 2.17. The number of hydrogen-bond donors (Lipinski definition) is 2. The Hall–Kier alpha value is -3.23. The summed E-state index contributed by atoms with van der Waals surface area (Å²) in [6, 6.07) is 6.08. The van der Waals surface area contributed by atoms with Crippen molar-refractivity contribution < 1.29 is 32.2 Å². The first-order valence-corrected chi connectivity index (χ1v) is 7.31. The Labute approximate surface area is 146 Å². The van der Waals surface area contributed by atoms with Crippen LogP contribution in [-0.2, 0) is 4.79 Å². The van der Waals surface area contributed by atoms with Crippen molar-refractivity contribution in [3.63, 3.8) is 0 Å². The molecule has 2 N–H and O–H groups in total. The molecule has 0 saturated carbocycles. The Morgan fingerprint density at radius 1 is 1.00 bits per heavy atom. The van der Waals surface area contributed by atoms with Gasteiger partial charge in [0.25, 0.3) is 5.91 Å². The van der Waals surface area contributed by atoms with Gasteiger partial charge in [0.2, 0.25) is 5.91 Å². The number of nitrogens with one attached hydrogen (secondary N) is 2. The number of halogens is 3. The molecule has 0 aliphatic carbocycles. The second-order valence-corrected chi connectivity index (χ2v) is 5.02. The van der Waals surface area contributed by atoms with Crippen LogP contribution < -0.4 is 20.1 Å². The van der Waals surface area contributed by atoms with E-state index in [0.29, 0.717) is 11.8 Å². The number of ether oxygens (including phenoxy) is 2. The van der Waals surface area contributed by atoms with E-state index in [4.69, 9.17) is 9.47 Å². The second kappa shape index (κ2) is 8.24. The average Bonchev–Trinajstić information content (AvgIpc) is 2.66. The van der Waals surface area contributed by atoms with Gasteiger partial charge in [0, 0.05) is 0 Å². The van der Waals surface area contributed by atoms with E-state index in [1.54, 1.807) is 6.07 Å². The lowest BCUT2D eigenvalue weighted by molar-refractivity contribution is -0.115. The van der Waals surface area contributed by atoms with Crippen LogP contribution in [0.25, 0.3) is 0 Å². The average molecular weight is 368 g/mol. The van der Waals surface area contributed by atoms with E-state index in [2.05, 4.69) is 5.32 Å². The molecule has 0 heterocycles. The zero-order chi connectivity index (χ0) is 19.3. The van der Waals surface area contributed by atoms with Crippen LogP contribution in [0.2, 0.25) is 0 Å². The van der Waals surface area contributed by atoms with Gasteiger partial charge in [-0.1, -0.05) is 0 Å². The summed E-state index contributed by atoms with van der Waals surface area (Å²) in [5, 5.41) is 4.36. The topological polar surface area (TPSA) is 76.7 Å². The van der Waals surface area contributed by atoms with Crippen LogP contribution in [0.3, 0.4) is 0 Å². The summed E-state index contributed by atoms with van der Waals surface area (Å²) in [5.41, 5.74) is -0.416. The monoisotopic (exact) mass is 368 g/mol. The molecule has 0 atom stereocenters. The lowest BCUT2D eigenvalue weighted by Gasteiger charge is -2.11. The maximum absolute atomic E-state index is 13.5. The molecule has 2 aromatic rings. The standard InChI is InChI=1S/C17H15F3N2O4/c1-25-9-3-6-13(26-2)10(7-9)17(24)21-8-14(23)22-12-5-4-11(18)15(19)16(12)20/h3-7H,8H2,1-2H3,(H,21,24)(H,22,23). The van der Waals surface area contributed by atoms with Gasteiger partial charge < -0.3 is 20.1 Å². The summed E-state index contributed by atoms with van der Waals surface area (Å²) in [4.78, 5) is 24.0. The number of carbonyl (C=O) groups is 2. The quantitative estimate of drug-likeness (QED) is 0.768. The number of anilines is 1. The van der Waals surface area contributed by atoms with E-state index >= 15 is 0 Å². The van der Waals surface area contributed by atoms with Crippen LogP contribution in [0.1, 0.15) is 10.4 Å². The lowest BCUT2D eigenvalue weighted by atomic mass is 10.1. The van der Waals surface area contributed by atoms with Gasteiger partial charge in [0.1, 0.15) is 11.5 Å². The van der Waals surface area contributed by atoms with Gasteiger partial charge in [0.05, 0.1) is 32.0 Å². The summed E-state index contributed by atoms with van der Waals surface area (Å²) in [7, 11) is 2.80. The predicted octanol–water partition coefficient (Wildman–Crippen LogP) is 2.49. The van der Waals surface area contributed by atoms with Crippen LogP contribution in [0.15, 0.2) is 30.3 Å². The number of rotatable bonds is 6. The number of carbonyl (C=O) groups excluding carboxylic acids is 2. The Morgan fingerprint density at radius 3 is 2.38 bits per heavy atom. The zero-order valence-electron chi connectivity index (χ0n) is 13.9. The van der Waals surface area contributed by atoms with Crippen LogP contribution >= 0.6 is 0 Å². The summed E-state index contributed by atoms with van der Waals surface area (Å²) in [6.45, 7) is -0.530. The summed E-state index contributed by atoms with van der Waals surface area (Å²) >= 11 is 0. The van der Waals surface area contributed by atoms with Gasteiger partial charge in [-0.3, -0.25) is 9.59 Å². The van der Waals surface area contributed by atoms with E-state index in [1.165, 1.54) is 26.4 Å². The van der Waals surface area contributed by atoms with E-state index in [0.717, 1.165) is 6.07 Å². The molecular weight excluding hydrogens is 353 g/mol. The van der Waals surface area contributed by atoms with Gasteiger partial charge in [-0.15, -0.1) is 0 Å². The highest BCUT2D eigenvalue weighted by molar-refractivity contribution is 6.01. The highest BCUT2D eigenvalue weighted by Crippen LogP contribution is 2.24. The maximum Gasteiger partial charge on any atom is 0.255 e.